The minimum Gasteiger partial charge on any atom is -0.352 e. The van der Waals surface area contributed by atoms with E-state index in [4.69, 9.17) is 0 Å². The normalized spacial score (nSPS) is 16.9. The largest absolute Gasteiger partial charge is 0.352 e. The van der Waals surface area contributed by atoms with Crippen LogP contribution in [0.3, 0.4) is 0 Å². The summed E-state index contributed by atoms with van der Waals surface area (Å²) in [6.45, 7) is 5.80. The number of rotatable bonds is 6. The van der Waals surface area contributed by atoms with E-state index in [1.54, 1.807) is 6.07 Å². The second kappa shape index (κ2) is 10.3. The summed E-state index contributed by atoms with van der Waals surface area (Å²) in [6.07, 6.45) is 3.15. The molecule has 1 amide bonds. The van der Waals surface area contributed by atoms with Gasteiger partial charge in [-0.15, -0.1) is 24.8 Å². The molecule has 1 saturated carbocycles. The van der Waals surface area contributed by atoms with Gasteiger partial charge in [0.15, 0.2) is 0 Å². The number of carbonyl (C=O) groups excluding carboxylic acids is 1. The number of nitrogens with one attached hydrogen (secondary N) is 2. The van der Waals surface area contributed by atoms with Gasteiger partial charge in [0.1, 0.15) is 5.82 Å². The minimum atomic E-state index is -0.341. The first kappa shape index (κ1) is 22.8. The predicted octanol–water partition coefficient (Wildman–Crippen LogP) is 3.12. The molecule has 1 saturated heterocycles. The van der Waals surface area contributed by atoms with Crippen LogP contribution in [0.25, 0.3) is 10.9 Å². The van der Waals surface area contributed by atoms with Gasteiger partial charge >= 0.3 is 0 Å². The van der Waals surface area contributed by atoms with Crippen molar-refractivity contribution >= 4 is 41.6 Å². The molecule has 2 aromatic rings. The maximum atomic E-state index is 13.7. The average molecular weight is 429 g/mol. The van der Waals surface area contributed by atoms with E-state index < -0.39 is 0 Å². The van der Waals surface area contributed by atoms with Crippen molar-refractivity contribution in [2.75, 3.05) is 39.3 Å². The quantitative estimate of drug-likeness (QED) is 0.693. The molecule has 2 fully saturated rings. The van der Waals surface area contributed by atoms with Crippen LogP contribution in [0.4, 0.5) is 4.39 Å². The van der Waals surface area contributed by atoms with Crippen molar-refractivity contribution in [3.63, 3.8) is 0 Å². The van der Waals surface area contributed by atoms with Crippen LogP contribution in [0.2, 0.25) is 0 Å². The van der Waals surface area contributed by atoms with Crippen LogP contribution < -0.4 is 10.6 Å². The Balaban J connectivity index is 0.00000140. The standard InChI is InChI=1S/C20H25FN4O.2ClH/c21-15-4-5-18-16(12-15)17(13-19(24-18)14-2-3-14)20(26)23-6-1-9-25-10-7-22-8-11-25;;/h4-5,12-14,22H,1-3,6-11H2,(H,23,26);2*1H. The fraction of sp³-hybridized carbons (Fsp3) is 0.500. The van der Waals surface area contributed by atoms with E-state index in [0.29, 0.717) is 28.9 Å². The van der Waals surface area contributed by atoms with Crippen molar-refractivity contribution in [2.24, 2.45) is 0 Å². The molecule has 1 aliphatic carbocycles. The Kier molecular flexibility index (Phi) is 8.43. The molecule has 8 heteroatoms. The fourth-order valence-electron chi connectivity index (χ4n) is 3.53. The summed E-state index contributed by atoms with van der Waals surface area (Å²) in [6, 6.07) is 6.33. The molecule has 2 aliphatic rings. The molecule has 2 heterocycles. The summed E-state index contributed by atoms with van der Waals surface area (Å²) >= 11 is 0. The van der Waals surface area contributed by atoms with E-state index in [2.05, 4.69) is 20.5 Å². The van der Waals surface area contributed by atoms with Gasteiger partial charge in [-0.2, -0.15) is 0 Å². The molecule has 0 radical (unpaired) electrons. The highest BCUT2D eigenvalue weighted by molar-refractivity contribution is 6.06. The SMILES string of the molecule is Cl.Cl.O=C(NCCCN1CCNCC1)c1cc(C2CC2)nc2ccc(F)cc12. The number of halogens is 3. The Morgan fingerprint density at radius 3 is 2.68 bits per heavy atom. The zero-order chi connectivity index (χ0) is 17.9. The van der Waals surface area contributed by atoms with Crippen LogP contribution in [0.5, 0.6) is 0 Å². The van der Waals surface area contributed by atoms with Gasteiger partial charge in [0.2, 0.25) is 0 Å². The predicted molar refractivity (Wildman–Crippen MR) is 114 cm³/mol. The van der Waals surface area contributed by atoms with Crippen molar-refractivity contribution in [2.45, 2.75) is 25.2 Å². The number of fused-ring (bicyclic) bond motifs is 1. The van der Waals surface area contributed by atoms with Gasteiger partial charge in [-0.25, -0.2) is 4.39 Å². The molecule has 4 rings (SSSR count). The van der Waals surface area contributed by atoms with E-state index in [0.717, 1.165) is 57.7 Å². The summed E-state index contributed by atoms with van der Waals surface area (Å²) in [5, 5.41) is 6.93. The van der Waals surface area contributed by atoms with Crippen LogP contribution in [0.15, 0.2) is 24.3 Å². The van der Waals surface area contributed by atoms with Crippen LogP contribution >= 0.6 is 24.8 Å². The molecule has 1 aliphatic heterocycles. The van der Waals surface area contributed by atoms with E-state index >= 15 is 0 Å². The fourth-order valence-corrected chi connectivity index (χ4v) is 3.53. The van der Waals surface area contributed by atoms with Crippen LogP contribution in [0, 0.1) is 5.82 Å². The molecule has 0 spiro atoms. The summed E-state index contributed by atoms with van der Waals surface area (Å²) in [5.74, 6) is -0.0276. The Hall–Kier alpha value is -1.47. The second-order valence-electron chi connectivity index (χ2n) is 7.23. The molecular formula is C20H27Cl2FN4O. The number of hydrogen-bond donors (Lipinski definition) is 2. The number of aromatic nitrogens is 1. The molecule has 2 N–H and O–H groups in total. The molecule has 0 unspecified atom stereocenters. The zero-order valence-corrected chi connectivity index (χ0v) is 17.4. The van der Waals surface area contributed by atoms with Crippen molar-refractivity contribution in [1.29, 1.82) is 0 Å². The Morgan fingerprint density at radius 2 is 1.96 bits per heavy atom. The number of carbonyl (C=O) groups is 1. The molecular weight excluding hydrogens is 402 g/mol. The lowest BCUT2D eigenvalue weighted by Gasteiger charge is -2.27. The van der Waals surface area contributed by atoms with E-state index in [1.807, 2.05) is 6.07 Å². The Morgan fingerprint density at radius 1 is 1.21 bits per heavy atom. The lowest BCUT2D eigenvalue weighted by atomic mass is 10.0. The summed E-state index contributed by atoms with van der Waals surface area (Å²) < 4.78 is 13.7. The minimum absolute atomic E-state index is 0. The lowest BCUT2D eigenvalue weighted by Crippen LogP contribution is -2.44. The first-order chi connectivity index (χ1) is 12.7. The second-order valence-corrected chi connectivity index (χ2v) is 7.23. The average Bonchev–Trinajstić information content (AvgIpc) is 3.50. The Bertz CT molecular complexity index is 810. The number of benzene rings is 1. The van der Waals surface area contributed by atoms with Crippen LogP contribution in [-0.4, -0.2) is 55.1 Å². The first-order valence-corrected chi connectivity index (χ1v) is 9.52. The number of nitrogens with zero attached hydrogens (tertiary/aromatic N) is 2. The number of amides is 1. The highest BCUT2D eigenvalue weighted by atomic mass is 35.5. The van der Waals surface area contributed by atoms with Gasteiger partial charge in [-0.3, -0.25) is 9.78 Å². The van der Waals surface area contributed by atoms with Crippen molar-refractivity contribution < 1.29 is 9.18 Å². The first-order valence-electron chi connectivity index (χ1n) is 9.52. The van der Waals surface area contributed by atoms with Crippen molar-refractivity contribution in [3.05, 3.63) is 41.3 Å². The maximum absolute atomic E-state index is 13.7. The third kappa shape index (κ3) is 5.54. The molecule has 5 nitrogen and oxygen atoms in total. The third-order valence-corrected chi connectivity index (χ3v) is 5.18. The molecule has 0 atom stereocenters. The number of pyridine rings is 1. The van der Waals surface area contributed by atoms with Gasteiger partial charge in [0.25, 0.3) is 5.91 Å². The van der Waals surface area contributed by atoms with Crippen LogP contribution in [0.1, 0.15) is 41.2 Å². The summed E-state index contributed by atoms with van der Waals surface area (Å²) in [5.41, 5.74) is 2.19. The smallest absolute Gasteiger partial charge is 0.252 e. The maximum Gasteiger partial charge on any atom is 0.252 e. The van der Waals surface area contributed by atoms with E-state index in [-0.39, 0.29) is 36.5 Å². The third-order valence-electron chi connectivity index (χ3n) is 5.18. The van der Waals surface area contributed by atoms with Crippen molar-refractivity contribution in [3.8, 4) is 0 Å². The number of piperazine rings is 1. The number of hydrogen-bond acceptors (Lipinski definition) is 4. The highest BCUT2D eigenvalue weighted by Gasteiger charge is 2.27. The summed E-state index contributed by atoms with van der Waals surface area (Å²) in [7, 11) is 0. The topological polar surface area (TPSA) is 57.3 Å². The molecule has 28 heavy (non-hydrogen) atoms. The Labute approximate surface area is 177 Å². The molecule has 154 valence electrons. The van der Waals surface area contributed by atoms with Gasteiger partial charge in [-0.05, 0) is 50.1 Å². The molecule has 0 bridgehead atoms. The van der Waals surface area contributed by atoms with Gasteiger partial charge < -0.3 is 15.5 Å². The van der Waals surface area contributed by atoms with Gasteiger partial charge in [-0.1, -0.05) is 0 Å². The van der Waals surface area contributed by atoms with E-state index in [1.165, 1.54) is 12.1 Å². The lowest BCUT2D eigenvalue weighted by molar-refractivity contribution is 0.0952. The zero-order valence-electron chi connectivity index (χ0n) is 15.7. The van der Waals surface area contributed by atoms with Crippen LogP contribution in [-0.2, 0) is 0 Å². The van der Waals surface area contributed by atoms with E-state index in [9.17, 15) is 9.18 Å². The van der Waals surface area contributed by atoms with Gasteiger partial charge in [0.05, 0.1) is 11.1 Å². The summed E-state index contributed by atoms with van der Waals surface area (Å²) in [4.78, 5) is 19.8. The molecule has 1 aromatic carbocycles. The van der Waals surface area contributed by atoms with Gasteiger partial charge in [0, 0.05) is 49.7 Å². The van der Waals surface area contributed by atoms with Crippen molar-refractivity contribution in [1.82, 2.24) is 20.5 Å². The molecule has 1 aromatic heterocycles. The highest BCUT2D eigenvalue weighted by Crippen LogP contribution is 2.40. The monoisotopic (exact) mass is 428 g/mol.